The molecule has 2 nitrogen and oxygen atoms in total. The highest BCUT2D eigenvalue weighted by Gasteiger charge is 2.38. The Morgan fingerprint density at radius 3 is 2.81 bits per heavy atom. The van der Waals surface area contributed by atoms with Crippen molar-refractivity contribution in [2.75, 3.05) is 0 Å². The highest BCUT2D eigenvalue weighted by molar-refractivity contribution is 5.78. The molecule has 0 radical (unpaired) electrons. The van der Waals surface area contributed by atoms with Gasteiger partial charge in [0.25, 0.3) is 0 Å². The van der Waals surface area contributed by atoms with Crippen LogP contribution >= 0.6 is 0 Å². The maximum Gasteiger partial charge on any atom is 0.223 e. The lowest BCUT2D eigenvalue weighted by Gasteiger charge is -2.33. The number of fused-ring (bicyclic) bond motifs is 2. The molecule has 2 aliphatic rings. The lowest BCUT2D eigenvalue weighted by atomic mass is 9.98. The van der Waals surface area contributed by atoms with E-state index in [9.17, 15) is 4.79 Å². The first-order valence-corrected chi connectivity index (χ1v) is 6.16. The van der Waals surface area contributed by atoms with Crippen molar-refractivity contribution in [3.8, 4) is 0 Å². The second kappa shape index (κ2) is 3.93. The van der Waals surface area contributed by atoms with E-state index in [0.717, 1.165) is 13.0 Å². The van der Waals surface area contributed by atoms with Gasteiger partial charge in [-0.05, 0) is 30.7 Å². The Bertz CT molecular complexity index is 387. The average molecular weight is 215 g/mol. The first-order chi connectivity index (χ1) is 7.83. The van der Waals surface area contributed by atoms with E-state index >= 15 is 0 Å². The fraction of sp³-hybridized carbons (Fsp3) is 0.500. The molecule has 1 aliphatic carbocycles. The lowest BCUT2D eigenvalue weighted by Crippen LogP contribution is -2.41. The number of amides is 1. The number of nitrogens with zero attached hydrogens (tertiary/aromatic N) is 1. The van der Waals surface area contributed by atoms with Crippen molar-refractivity contribution in [3.05, 3.63) is 35.9 Å². The Kier molecular flexibility index (Phi) is 2.43. The SMILES string of the molecule is O=C1CC2CCC(C2)N1Cc1ccccc1. The molecule has 2 unspecified atom stereocenters. The number of carbonyl (C=O) groups is 1. The molecule has 1 aromatic rings. The van der Waals surface area contributed by atoms with Crippen molar-refractivity contribution in [2.45, 2.75) is 38.3 Å². The molecule has 0 spiro atoms. The Morgan fingerprint density at radius 2 is 2.00 bits per heavy atom. The summed E-state index contributed by atoms with van der Waals surface area (Å²) in [5, 5.41) is 0. The van der Waals surface area contributed by atoms with Gasteiger partial charge in [0.15, 0.2) is 0 Å². The second-order valence-electron chi connectivity index (χ2n) is 5.04. The van der Waals surface area contributed by atoms with Crippen molar-refractivity contribution in [1.29, 1.82) is 0 Å². The van der Waals surface area contributed by atoms with Crippen molar-refractivity contribution >= 4 is 5.91 Å². The Labute approximate surface area is 96.3 Å². The van der Waals surface area contributed by atoms with E-state index in [-0.39, 0.29) is 0 Å². The highest BCUT2D eigenvalue weighted by atomic mass is 16.2. The van der Waals surface area contributed by atoms with Gasteiger partial charge in [-0.25, -0.2) is 0 Å². The molecule has 84 valence electrons. The molecule has 2 bridgehead atoms. The summed E-state index contributed by atoms with van der Waals surface area (Å²) in [6, 6.07) is 10.8. The Balaban J connectivity index is 1.76. The third kappa shape index (κ3) is 1.73. The van der Waals surface area contributed by atoms with Crippen LogP contribution in [-0.4, -0.2) is 16.8 Å². The van der Waals surface area contributed by atoms with Crippen LogP contribution in [-0.2, 0) is 11.3 Å². The number of carbonyl (C=O) groups excluding carboxylic acids is 1. The quantitative estimate of drug-likeness (QED) is 0.742. The maximum atomic E-state index is 12.0. The number of rotatable bonds is 2. The summed E-state index contributed by atoms with van der Waals surface area (Å²) in [5.74, 6) is 1.05. The molecule has 16 heavy (non-hydrogen) atoms. The van der Waals surface area contributed by atoms with E-state index in [4.69, 9.17) is 0 Å². The van der Waals surface area contributed by atoms with Crippen LogP contribution in [0.15, 0.2) is 30.3 Å². The van der Waals surface area contributed by atoms with Crippen LogP contribution in [0, 0.1) is 5.92 Å². The van der Waals surface area contributed by atoms with Crippen LogP contribution in [0.25, 0.3) is 0 Å². The van der Waals surface area contributed by atoms with Crippen molar-refractivity contribution in [2.24, 2.45) is 5.92 Å². The third-order valence-corrected chi connectivity index (χ3v) is 3.93. The number of hydrogen-bond donors (Lipinski definition) is 0. The smallest absolute Gasteiger partial charge is 0.223 e. The van der Waals surface area contributed by atoms with Gasteiger partial charge in [-0.2, -0.15) is 0 Å². The van der Waals surface area contributed by atoms with Gasteiger partial charge < -0.3 is 4.90 Å². The minimum absolute atomic E-state index is 0.364. The van der Waals surface area contributed by atoms with E-state index in [1.54, 1.807) is 0 Å². The van der Waals surface area contributed by atoms with Gasteiger partial charge in [-0.15, -0.1) is 0 Å². The monoisotopic (exact) mass is 215 g/mol. The summed E-state index contributed by atoms with van der Waals surface area (Å²) in [6.07, 6.45) is 4.48. The van der Waals surface area contributed by atoms with Gasteiger partial charge in [-0.1, -0.05) is 30.3 Å². The van der Waals surface area contributed by atoms with E-state index < -0.39 is 0 Å². The van der Waals surface area contributed by atoms with Crippen molar-refractivity contribution in [3.63, 3.8) is 0 Å². The van der Waals surface area contributed by atoms with Crippen molar-refractivity contribution < 1.29 is 4.79 Å². The lowest BCUT2D eigenvalue weighted by molar-refractivity contribution is -0.137. The first kappa shape index (κ1) is 9.88. The van der Waals surface area contributed by atoms with Gasteiger partial charge in [0.1, 0.15) is 0 Å². The molecule has 0 N–H and O–H groups in total. The van der Waals surface area contributed by atoms with Gasteiger partial charge in [-0.3, -0.25) is 4.79 Å². The van der Waals surface area contributed by atoms with Crippen LogP contribution in [0.2, 0.25) is 0 Å². The van der Waals surface area contributed by atoms with Crippen LogP contribution < -0.4 is 0 Å². The van der Waals surface area contributed by atoms with Crippen LogP contribution in [0.4, 0.5) is 0 Å². The molecule has 1 aromatic carbocycles. The maximum absolute atomic E-state index is 12.0. The van der Waals surface area contributed by atoms with E-state index in [1.165, 1.54) is 24.8 Å². The minimum atomic E-state index is 0.364. The zero-order valence-corrected chi connectivity index (χ0v) is 9.43. The third-order valence-electron chi connectivity index (χ3n) is 3.93. The van der Waals surface area contributed by atoms with Crippen LogP contribution in [0.3, 0.4) is 0 Å². The Morgan fingerprint density at radius 1 is 1.19 bits per heavy atom. The number of likely N-dealkylation sites (tertiary alicyclic amines) is 1. The largest absolute Gasteiger partial charge is 0.335 e. The molecule has 1 amide bonds. The molecule has 3 rings (SSSR count). The van der Waals surface area contributed by atoms with Gasteiger partial charge in [0.2, 0.25) is 5.91 Å². The summed E-state index contributed by atoms with van der Waals surface area (Å²) >= 11 is 0. The standard InChI is InChI=1S/C14H17NO/c16-14-9-12-6-7-13(8-12)15(14)10-11-4-2-1-3-5-11/h1-5,12-13H,6-10H2. The molecular formula is C14H17NO. The highest BCUT2D eigenvalue weighted by Crippen LogP contribution is 2.37. The van der Waals surface area contributed by atoms with Gasteiger partial charge in [0, 0.05) is 19.0 Å². The summed E-state index contributed by atoms with van der Waals surface area (Å²) in [7, 11) is 0. The molecular weight excluding hydrogens is 198 g/mol. The first-order valence-electron chi connectivity index (χ1n) is 6.16. The molecule has 0 aromatic heterocycles. The topological polar surface area (TPSA) is 20.3 Å². The molecule has 1 saturated heterocycles. The van der Waals surface area contributed by atoms with E-state index in [2.05, 4.69) is 17.0 Å². The number of benzene rings is 1. The summed E-state index contributed by atoms with van der Waals surface area (Å²) in [6.45, 7) is 0.803. The van der Waals surface area contributed by atoms with Crippen molar-refractivity contribution in [1.82, 2.24) is 4.90 Å². The normalized spacial score (nSPS) is 28.5. The molecule has 2 fully saturated rings. The van der Waals surface area contributed by atoms with Crippen LogP contribution in [0.5, 0.6) is 0 Å². The molecule has 2 heteroatoms. The summed E-state index contributed by atoms with van der Waals surface area (Å²) in [4.78, 5) is 14.1. The molecule has 2 atom stereocenters. The Hall–Kier alpha value is -1.31. The molecule has 1 aliphatic heterocycles. The number of hydrogen-bond acceptors (Lipinski definition) is 1. The average Bonchev–Trinajstić information content (AvgIpc) is 2.70. The zero-order valence-electron chi connectivity index (χ0n) is 9.43. The second-order valence-corrected chi connectivity index (χ2v) is 5.04. The van der Waals surface area contributed by atoms with Gasteiger partial charge in [0.05, 0.1) is 0 Å². The number of piperidine rings is 1. The van der Waals surface area contributed by atoms with E-state index in [1.807, 2.05) is 18.2 Å². The predicted octanol–water partition coefficient (Wildman–Crippen LogP) is 2.59. The fourth-order valence-corrected chi connectivity index (χ4v) is 3.08. The molecule has 1 saturated carbocycles. The van der Waals surface area contributed by atoms with Crippen LogP contribution in [0.1, 0.15) is 31.2 Å². The molecule has 1 heterocycles. The summed E-state index contributed by atoms with van der Waals surface area (Å²) in [5.41, 5.74) is 1.25. The van der Waals surface area contributed by atoms with Gasteiger partial charge >= 0.3 is 0 Å². The minimum Gasteiger partial charge on any atom is -0.335 e. The predicted molar refractivity (Wildman–Crippen MR) is 62.7 cm³/mol. The summed E-state index contributed by atoms with van der Waals surface area (Å²) < 4.78 is 0. The zero-order chi connectivity index (χ0) is 11.0. The van der Waals surface area contributed by atoms with E-state index in [0.29, 0.717) is 17.9 Å². The fourth-order valence-electron chi connectivity index (χ4n) is 3.08.